The Morgan fingerprint density at radius 1 is 0.889 bits per heavy atom. The first kappa shape index (κ1) is 20.5. The van der Waals surface area contributed by atoms with E-state index in [1.807, 2.05) is 68.5 Å². The minimum atomic E-state index is -0.508. The lowest BCUT2D eigenvalue weighted by Crippen LogP contribution is -2.34. The summed E-state index contributed by atoms with van der Waals surface area (Å²) in [6.07, 6.45) is -0.172. The second kappa shape index (κ2) is 10.3. The fourth-order valence-electron chi connectivity index (χ4n) is 2.37. The van der Waals surface area contributed by atoms with Crippen molar-refractivity contribution in [1.82, 2.24) is 9.80 Å². The molecule has 0 radical (unpaired) electrons. The van der Waals surface area contributed by atoms with Gasteiger partial charge in [0, 0.05) is 25.8 Å². The number of carbonyl (C=O) groups is 2. The molecular weight excluding hydrogens is 342 g/mol. The van der Waals surface area contributed by atoms with E-state index >= 15 is 0 Å². The number of hydrogen-bond donors (Lipinski definition) is 1. The Hall–Kier alpha value is -2.86. The average Bonchev–Trinajstić information content (AvgIpc) is 2.66. The SMILES string of the molecule is CN(C)CCN(C)C(=O)Cc1ccc(NC(=O)OCc2ccccc2)cc1. The van der Waals surface area contributed by atoms with Crippen LogP contribution in [0.1, 0.15) is 11.1 Å². The van der Waals surface area contributed by atoms with Crippen molar-refractivity contribution >= 4 is 17.7 Å². The van der Waals surface area contributed by atoms with Gasteiger partial charge in [0.15, 0.2) is 0 Å². The van der Waals surface area contributed by atoms with Crippen LogP contribution in [0.3, 0.4) is 0 Å². The summed E-state index contributed by atoms with van der Waals surface area (Å²) < 4.78 is 5.19. The molecule has 6 heteroatoms. The van der Waals surface area contributed by atoms with Crippen LogP contribution in [0.25, 0.3) is 0 Å². The topological polar surface area (TPSA) is 61.9 Å². The van der Waals surface area contributed by atoms with Gasteiger partial charge in [0.2, 0.25) is 5.91 Å². The van der Waals surface area contributed by atoms with Crippen LogP contribution in [-0.2, 0) is 22.6 Å². The van der Waals surface area contributed by atoms with Crippen LogP contribution in [0.15, 0.2) is 54.6 Å². The molecular formula is C21H27N3O3. The Labute approximate surface area is 160 Å². The molecule has 0 heterocycles. The first-order valence-electron chi connectivity index (χ1n) is 8.89. The van der Waals surface area contributed by atoms with E-state index in [0.717, 1.165) is 17.7 Å². The van der Waals surface area contributed by atoms with E-state index in [1.54, 1.807) is 17.0 Å². The van der Waals surface area contributed by atoms with Gasteiger partial charge in [-0.05, 0) is 37.4 Å². The van der Waals surface area contributed by atoms with Crippen molar-refractivity contribution in [2.45, 2.75) is 13.0 Å². The van der Waals surface area contributed by atoms with Crippen LogP contribution in [-0.4, -0.2) is 56.0 Å². The van der Waals surface area contributed by atoms with Gasteiger partial charge in [-0.2, -0.15) is 0 Å². The third kappa shape index (κ3) is 7.50. The Kier molecular flexibility index (Phi) is 7.82. The molecule has 0 aromatic heterocycles. The van der Waals surface area contributed by atoms with E-state index in [1.165, 1.54) is 0 Å². The van der Waals surface area contributed by atoms with Crippen LogP contribution in [0.2, 0.25) is 0 Å². The number of nitrogens with zero attached hydrogens (tertiary/aromatic N) is 2. The first-order chi connectivity index (χ1) is 12.9. The lowest BCUT2D eigenvalue weighted by Gasteiger charge is -2.19. The Morgan fingerprint density at radius 2 is 1.56 bits per heavy atom. The maximum atomic E-state index is 12.2. The molecule has 144 valence electrons. The van der Waals surface area contributed by atoms with E-state index < -0.39 is 6.09 Å². The predicted octanol–water partition coefficient (Wildman–Crippen LogP) is 3.00. The number of carbonyl (C=O) groups excluding carboxylic acids is 2. The molecule has 2 rings (SSSR count). The average molecular weight is 369 g/mol. The minimum absolute atomic E-state index is 0.0693. The van der Waals surface area contributed by atoms with Crippen molar-refractivity contribution in [1.29, 1.82) is 0 Å². The van der Waals surface area contributed by atoms with Crippen molar-refractivity contribution in [3.8, 4) is 0 Å². The largest absolute Gasteiger partial charge is 0.444 e. The number of nitrogens with one attached hydrogen (secondary N) is 1. The third-order valence-electron chi connectivity index (χ3n) is 4.08. The van der Waals surface area contributed by atoms with E-state index in [9.17, 15) is 9.59 Å². The highest BCUT2D eigenvalue weighted by atomic mass is 16.5. The van der Waals surface area contributed by atoms with Gasteiger partial charge in [0.1, 0.15) is 6.61 Å². The number of hydrogen-bond acceptors (Lipinski definition) is 4. The third-order valence-corrected chi connectivity index (χ3v) is 4.08. The van der Waals surface area contributed by atoms with Crippen molar-refractivity contribution in [2.75, 3.05) is 39.5 Å². The zero-order valence-electron chi connectivity index (χ0n) is 16.1. The molecule has 0 spiro atoms. The van der Waals surface area contributed by atoms with E-state index in [2.05, 4.69) is 5.32 Å². The fraction of sp³-hybridized carbons (Fsp3) is 0.333. The zero-order valence-corrected chi connectivity index (χ0v) is 16.1. The molecule has 6 nitrogen and oxygen atoms in total. The molecule has 0 aliphatic heterocycles. The predicted molar refractivity (Wildman–Crippen MR) is 107 cm³/mol. The maximum absolute atomic E-state index is 12.2. The smallest absolute Gasteiger partial charge is 0.411 e. The molecule has 27 heavy (non-hydrogen) atoms. The number of ether oxygens (including phenoxy) is 1. The van der Waals surface area contributed by atoms with Crippen LogP contribution < -0.4 is 5.32 Å². The van der Waals surface area contributed by atoms with Gasteiger partial charge in [-0.15, -0.1) is 0 Å². The fourth-order valence-corrected chi connectivity index (χ4v) is 2.37. The zero-order chi connectivity index (χ0) is 19.6. The Bertz CT molecular complexity index is 730. The lowest BCUT2D eigenvalue weighted by atomic mass is 10.1. The molecule has 0 atom stereocenters. The van der Waals surface area contributed by atoms with E-state index in [-0.39, 0.29) is 12.5 Å². The summed E-state index contributed by atoms with van der Waals surface area (Å²) in [5, 5.41) is 2.69. The summed E-state index contributed by atoms with van der Waals surface area (Å²) in [6, 6.07) is 16.7. The first-order valence-corrected chi connectivity index (χ1v) is 8.89. The van der Waals surface area contributed by atoms with Gasteiger partial charge in [-0.1, -0.05) is 42.5 Å². The molecule has 0 unspecified atom stereocenters. The second-order valence-corrected chi connectivity index (χ2v) is 6.68. The van der Waals surface area contributed by atoms with Gasteiger partial charge < -0.3 is 14.5 Å². The Morgan fingerprint density at radius 3 is 2.19 bits per heavy atom. The van der Waals surface area contributed by atoms with Crippen molar-refractivity contribution in [3.63, 3.8) is 0 Å². The highest BCUT2D eigenvalue weighted by Crippen LogP contribution is 2.12. The minimum Gasteiger partial charge on any atom is -0.444 e. The summed E-state index contributed by atoms with van der Waals surface area (Å²) in [6.45, 7) is 1.74. The molecule has 0 aliphatic rings. The molecule has 0 saturated heterocycles. The van der Waals surface area contributed by atoms with Crippen LogP contribution in [0, 0.1) is 0 Å². The summed E-state index contributed by atoms with van der Waals surface area (Å²) in [4.78, 5) is 27.9. The number of anilines is 1. The lowest BCUT2D eigenvalue weighted by molar-refractivity contribution is -0.129. The molecule has 2 aromatic carbocycles. The molecule has 0 fully saturated rings. The molecule has 1 N–H and O–H groups in total. The number of rotatable bonds is 8. The van der Waals surface area contributed by atoms with Gasteiger partial charge in [-0.25, -0.2) is 4.79 Å². The van der Waals surface area contributed by atoms with Crippen molar-refractivity contribution < 1.29 is 14.3 Å². The van der Waals surface area contributed by atoms with Gasteiger partial charge in [0.25, 0.3) is 0 Å². The number of benzene rings is 2. The molecule has 0 saturated carbocycles. The highest BCUT2D eigenvalue weighted by Gasteiger charge is 2.10. The van der Waals surface area contributed by atoms with Crippen LogP contribution in [0.5, 0.6) is 0 Å². The molecule has 2 aromatic rings. The van der Waals surface area contributed by atoms with Gasteiger partial charge >= 0.3 is 6.09 Å². The maximum Gasteiger partial charge on any atom is 0.411 e. The summed E-state index contributed by atoms with van der Waals surface area (Å²) in [7, 11) is 5.77. The monoisotopic (exact) mass is 369 g/mol. The molecule has 2 amide bonds. The quantitative estimate of drug-likeness (QED) is 0.777. The normalized spacial score (nSPS) is 10.5. The number of likely N-dealkylation sites (N-methyl/N-ethyl adjacent to an activating group) is 2. The summed E-state index contributed by atoms with van der Waals surface area (Å²) in [5.41, 5.74) is 2.46. The van der Waals surface area contributed by atoms with Crippen molar-refractivity contribution in [2.24, 2.45) is 0 Å². The standard InChI is InChI=1S/C21H27N3O3/c1-23(2)13-14-24(3)20(25)15-17-9-11-19(12-10-17)22-21(26)27-16-18-7-5-4-6-8-18/h4-12H,13-16H2,1-3H3,(H,22,26). The molecule has 0 bridgehead atoms. The van der Waals surface area contributed by atoms with Crippen LogP contribution in [0.4, 0.5) is 10.5 Å². The molecule has 0 aliphatic carbocycles. The number of amides is 2. The van der Waals surface area contributed by atoms with Gasteiger partial charge in [-0.3, -0.25) is 10.1 Å². The van der Waals surface area contributed by atoms with E-state index in [0.29, 0.717) is 18.7 Å². The summed E-state index contributed by atoms with van der Waals surface area (Å²) >= 11 is 0. The highest BCUT2D eigenvalue weighted by molar-refractivity contribution is 5.84. The van der Waals surface area contributed by atoms with Crippen LogP contribution >= 0.6 is 0 Å². The Balaban J connectivity index is 1.78. The van der Waals surface area contributed by atoms with Crippen molar-refractivity contribution in [3.05, 3.63) is 65.7 Å². The summed E-state index contributed by atoms with van der Waals surface area (Å²) in [5.74, 6) is 0.0693. The van der Waals surface area contributed by atoms with Gasteiger partial charge in [0.05, 0.1) is 6.42 Å². The second-order valence-electron chi connectivity index (χ2n) is 6.68. The van der Waals surface area contributed by atoms with E-state index in [4.69, 9.17) is 4.74 Å².